The Bertz CT molecular complexity index is 513. The van der Waals surface area contributed by atoms with Crippen molar-refractivity contribution in [3.05, 3.63) is 48.0 Å². The fraction of sp³-hybridized carbons (Fsp3) is 0.438. The molecule has 1 aromatic rings. The Morgan fingerprint density at radius 3 is 2.76 bits per heavy atom. The Hall–Kier alpha value is -1.69. The highest BCUT2D eigenvalue weighted by Gasteiger charge is 2.43. The van der Waals surface area contributed by atoms with Crippen LogP contribution in [0.5, 0.6) is 0 Å². The Morgan fingerprint density at radius 2 is 2.00 bits per heavy atom. The summed E-state index contributed by atoms with van der Waals surface area (Å²) in [7, 11) is 0. The first kappa shape index (κ1) is 14.3. The van der Waals surface area contributed by atoms with Gasteiger partial charge < -0.3 is 18.9 Å². The predicted molar refractivity (Wildman–Crippen MR) is 74.3 cm³/mol. The number of benzene rings is 1. The van der Waals surface area contributed by atoms with Gasteiger partial charge in [0.25, 0.3) is 0 Å². The van der Waals surface area contributed by atoms with Crippen LogP contribution in [-0.2, 0) is 30.3 Å². The Morgan fingerprint density at radius 1 is 1.19 bits per heavy atom. The standard InChI is InChI=1S/C16H18O5/c1-11(17)19-13-7-8-15-20-14(16(13)21-15)10-18-9-12-5-3-2-4-6-12/h2-8,13-16H,9-10H2,1H3/t13-,14+,15-,16+/m0/s1. The molecule has 5 heteroatoms. The van der Waals surface area contributed by atoms with Gasteiger partial charge >= 0.3 is 5.97 Å². The van der Waals surface area contributed by atoms with E-state index in [0.717, 1.165) is 5.56 Å². The topological polar surface area (TPSA) is 54.0 Å². The molecule has 0 aliphatic carbocycles. The molecule has 21 heavy (non-hydrogen) atoms. The average Bonchev–Trinajstić information content (AvgIpc) is 2.81. The van der Waals surface area contributed by atoms with Crippen molar-refractivity contribution in [3.63, 3.8) is 0 Å². The van der Waals surface area contributed by atoms with Gasteiger partial charge in [0.05, 0.1) is 13.2 Å². The summed E-state index contributed by atoms with van der Waals surface area (Å²) in [6.07, 6.45) is 2.26. The van der Waals surface area contributed by atoms with Gasteiger partial charge in [-0.1, -0.05) is 30.3 Å². The fourth-order valence-corrected chi connectivity index (χ4v) is 2.51. The molecule has 1 saturated heterocycles. The normalized spacial score (nSPS) is 30.3. The molecule has 0 spiro atoms. The van der Waals surface area contributed by atoms with Gasteiger partial charge in [-0.3, -0.25) is 4.79 Å². The van der Waals surface area contributed by atoms with Crippen molar-refractivity contribution in [1.82, 2.24) is 0 Å². The van der Waals surface area contributed by atoms with Gasteiger partial charge in [-0.2, -0.15) is 0 Å². The minimum Gasteiger partial charge on any atom is -0.455 e. The van der Waals surface area contributed by atoms with Crippen molar-refractivity contribution < 1.29 is 23.7 Å². The van der Waals surface area contributed by atoms with Crippen LogP contribution in [0, 0.1) is 0 Å². The molecule has 2 aliphatic rings. The van der Waals surface area contributed by atoms with Crippen LogP contribution in [0.4, 0.5) is 0 Å². The van der Waals surface area contributed by atoms with E-state index in [2.05, 4.69) is 0 Å². The van der Waals surface area contributed by atoms with E-state index in [1.54, 1.807) is 6.08 Å². The van der Waals surface area contributed by atoms with Crippen LogP contribution in [-0.4, -0.2) is 37.2 Å². The molecule has 3 rings (SSSR count). The van der Waals surface area contributed by atoms with Gasteiger partial charge in [0.15, 0.2) is 6.29 Å². The molecule has 0 amide bonds. The van der Waals surface area contributed by atoms with Crippen LogP contribution in [0.2, 0.25) is 0 Å². The molecule has 0 aromatic heterocycles. The first-order valence-corrected chi connectivity index (χ1v) is 7.00. The number of esters is 1. The molecule has 2 aliphatic heterocycles. The van der Waals surface area contributed by atoms with Crippen LogP contribution >= 0.6 is 0 Å². The summed E-state index contributed by atoms with van der Waals surface area (Å²) in [5.74, 6) is -0.331. The molecule has 0 unspecified atom stereocenters. The van der Waals surface area contributed by atoms with E-state index < -0.39 is 6.10 Å². The smallest absolute Gasteiger partial charge is 0.303 e. The van der Waals surface area contributed by atoms with Gasteiger partial charge in [-0.05, 0) is 17.7 Å². The SMILES string of the molecule is CC(=O)O[C@H]1C=C[C@@H]2O[C@H]1[C@@H](COCc1ccccc1)O2. The zero-order valence-corrected chi connectivity index (χ0v) is 11.8. The van der Waals surface area contributed by atoms with Gasteiger partial charge in [0.2, 0.25) is 0 Å². The number of hydrogen-bond donors (Lipinski definition) is 0. The van der Waals surface area contributed by atoms with Gasteiger partial charge in [-0.25, -0.2) is 0 Å². The summed E-state index contributed by atoms with van der Waals surface area (Å²) in [4.78, 5) is 11.1. The summed E-state index contributed by atoms with van der Waals surface area (Å²) in [5.41, 5.74) is 1.11. The molecule has 0 saturated carbocycles. The van der Waals surface area contributed by atoms with Crippen molar-refractivity contribution in [3.8, 4) is 0 Å². The highest BCUT2D eigenvalue weighted by Crippen LogP contribution is 2.29. The lowest BCUT2D eigenvalue weighted by molar-refractivity contribution is -0.151. The maximum Gasteiger partial charge on any atom is 0.303 e. The number of ether oxygens (including phenoxy) is 4. The highest BCUT2D eigenvalue weighted by atomic mass is 16.7. The fourth-order valence-electron chi connectivity index (χ4n) is 2.51. The third kappa shape index (κ3) is 3.50. The number of fused-ring (bicyclic) bond motifs is 2. The van der Waals surface area contributed by atoms with E-state index in [1.165, 1.54) is 6.92 Å². The van der Waals surface area contributed by atoms with Crippen molar-refractivity contribution in [2.45, 2.75) is 38.1 Å². The minimum atomic E-state index is -0.411. The Labute approximate surface area is 123 Å². The Balaban J connectivity index is 1.53. The second-order valence-corrected chi connectivity index (χ2v) is 5.10. The molecular weight excluding hydrogens is 272 g/mol. The van der Waals surface area contributed by atoms with Crippen LogP contribution < -0.4 is 0 Å². The summed E-state index contributed by atoms with van der Waals surface area (Å²) in [6, 6.07) is 9.93. The quantitative estimate of drug-likeness (QED) is 0.611. The van der Waals surface area contributed by atoms with Gasteiger partial charge in [0, 0.05) is 6.92 Å². The number of carbonyl (C=O) groups is 1. The van der Waals surface area contributed by atoms with Crippen molar-refractivity contribution in [1.29, 1.82) is 0 Å². The molecule has 4 atom stereocenters. The average molecular weight is 290 g/mol. The number of rotatable bonds is 5. The minimum absolute atomic E-state index is 0.238. The summed E-state index contributed by atoms with van der Waals surface area (Å²) >= 11 is 0. The zero-order valence-electron chi connectivity index (χ0n) is 11.8. The summed E-state index contributed by atoms with van der Waals surface area (Å²) in [6.45, 7) is 2.30. The largest absolute Gasteiger partial charge is 0.455 e. The van der Waals surface area contributed by atoms with Gasteiger partial charge in [-0.15, -0.1) is 0 Å². The number of hydrogen-bond acceptors (Lipinski definition) is 5. The molecule has 0 N–H and O–H groups in total. The molecule has 5 nitrogen and oxygen atoms in total. The van der Waals surface area contributed by atoms with E-state index in [1.807, 2.05) is 36.4 Å². The third-order valence-corrected chi connectivity index (χ3v) is 3.44. The lowest BCUT2D eigenvalue weighted by Gasteiger charge is -2.24. The Kier molecular flexibility index (Phi) is 4.34. The van der Waals surface area contributed by atoms with E-state index in [0.29, 0.717) is 13.2 Å². The van der Waals surface area contributed by atoms with E-state index in [-0.39, 0.29) is 24.5 Å². The van der Waals surface area contributed by atoms with Gasteiger partial charge in [0.1, 0.15) is 18.3 Å². The monoisotopic (exact) mass is 290 g/mol. The maximum absolute atomic E-state index is 11.1. The van der Waals surface area contributed by atoms with Crippen LogP contribution in [0.3, 0.4) is 0 Å². The first-order valence-electron chi connectivity index (χ1n) is 7.00. The summed E-state index contributed by atoms with van der Waals surface area (Å²) in [5, 5.41) is 0. The predicted octanol–water partition coefficient (Wildman–Crippen LogP) is 1.81. The van der Waals surface area contributed by atoms with E-state index >= 15 is 0 Å². The molecule has 1 fully saturated rings. The molecule has 1 aromatic carbocycles. The zero-order chi connectivity index (χ0) is 14.7. The van der Waals surface area contributed by atoms with Crippen molar-refractivity contribution >= 4 is 5.97 Å². The van der Waals surface area contributed by atoms with Crippen LogP contribution in [0.25, 0.3) is 0 Å². The van der Waals surface area contributed by atoms with Crippen molar-refractivity contribution in [2.24, 2.45) is 0 Å². The third-order valence-electron chi connectivity index (χ3n) is 3.44. The van der Waals surface area contributed by atoms with Crippen molar-refractivity contribution in [2.75, 3.05) is 6.61 Å². The summed E-state index contributed by atoms with van der Waals surface area (Å²) < 4.78 is 22.3. The molecule has 2 bridgehead atoms. The van der Waals surface area contributed by atoms with E-state index in [4.69, 9.17) is 18.9 Å². The molecule has 112 valence electrons. The van der Waals surface area contributed by atoms with Crippen LogP contribution in [0.1, 0.15) is 12.5 Å². The lowest BCUT2D eigenvalue weighted by Crippen LogP contribution is -2.40. The molecule has 0 radical (unpaired) electrons. The first-order chi connectivity index (χ1) is 10.2. The highest BCUT2D eigenvalue weighted by molar-refractivity contribution is 5.66. The lowest BCUT2D eigenvalue weighted by atomic mass is 10.1. The van der Waals surface area contributed by atoms with Crippen LogP contribution in [0.15, 0.2) is 42.5 Å². The van der Waals surface area contributed by atoms with E-state index in [9.17, 15) is 4.79 Å². The second-order valence-electron chi connectivity index (χ2n) is 5.10. The molecular formula is C16H18O5. The maximum atomic E-state index is 11.1. The molecule has 2 heterocycles. The number of carbonyl (C=O) groups excluding carboxylic acids is 1. The second kappa shape index (κ2) is 6.39.